The summed E-state index contributed by atoms with van der Waals surface area (Å²) in [5.74, 6) is -4.72. The SMILES string of the molecule is COc1[c-]c(F)nc(F)c1F.[Rh]. The molecule has 0 atom stereocenters. The zero-order valence-electron chi connectivity index (χ0n) is 5.82. The number of pyridine rings is 1. The monoisotopic (exact) mass is 265 g/mol. The van der Waals surface area contributed by atoms with Crippen LogP contribution in [-0.2, 0) is 19.5 Å². The summed E-state index contributed by atoms with van der Waals surface area (Å²) in [7, 11) is 1.08. The van der Waals surface area contributed by atoms with E-state index in [0.717, 1.165) is 7.11 Å². The molecule has 12 heavy (non-hydrogen) atoms. The molecule has 1 heterocycles. The molecule has 0 N–H and O–H groups in total. The molecule has 0 amide bonds. The van der Waals surface area contributed by atoms with Crippen LogP contribution in [0.15, 0.2) is 0 Å². The third kappa shape index (κ3) is 2.17. The minimum Gasteiger partial charge on any atom is -0.532 e. The minimum absolute atomic E-state index is 0. The van der Waals surface area contributed by atoms with Gasteiger partial charge >= 0.3 is 0 Å². The van der Waals surface area contributed by atoms with Gasteiger partial charge in [0.25, 0.3) is 0 Å². The second-order valence-electron chi connectivity index (χ2n) is 1.67. The van der Waals surface area contributed by atoms with Gasteiger partial charge in [0.15, 0.2) is 5.95 Å². The molecule has 0 bridgehead atoms. The van der Waals surface area contributed by atoms with E-state index in [9.17, 15) is 13.2 Å². The van der Waals surface area contributed by atoms with Gasteiger partial charge in [-0.05, 0) is 5.75 Å². The maximum atomic E-state index is 12.4. The summed E-state index contributed by atoms with van der Waals surface area (Å²) in [6.45, 7) is 0. The molecular weight excluding hydrogens is 262 g/mol. The van der Waals surface area contributed by atoms with E-state index in [0.29, 0.717) is 0 Å². The molecular formula is C6H3F3NORh-. The number of rotatable bonds is 1. The van der Waals surface area contributed by atoms with E-state index >= 15 is 0 Å². The summed E-state index contributed by atoms with van der Waals surface area (Å²) in [5.41, 5.74) is 0. The number of aromatic nitrogens is 1. The van der Waals surface area contributed by atoms with Gasteiger partial charge in [-0.3, -0.25) is 0 Å². The van der Waals surface area contributed by atoms with Crippen LogP contribution in [0.25, 0.3) is 0 Å². The van der Waals surface area contributed by atoms with Crippen LogP contribution in [0.5, 0.6) is 5.75 Å². The average Bonchev–Trinajstić information content (AvgIpc) is 1.96. The Morgan fingerprint density at radius 3 is 2.42 bits per heavy atom. The van der Waals surface area contributed by atoms with Crippen LogP contribution >= 0.6 is 0 Å². The van der Waals surface area contributed by atoms with Crippen LogP contribution in [-0.4, -0.2) is 12.1 Å². The first-order valence-corrected chi connectivity index (χ1v) is 2.63. The number of methoxy groups -OCH3 is 1. The number of halogens is 3. The molecule has 6 heteroatoms. The topological polar surface area (TPSA) is 22.1 Å². The molecule has 1 aromatic rings. The van der Waals surface area contributed by atoms with Crippen molar-refractivity contribution in [1.29, 1.82) is 0 Å². The largest absolute Gasteiger partial charge is 0.532 e. The predicted molar refractivity (Wildman–Crippen MR) is 29.5 cm³/mol. The third-order valence-electron chi connectivity index (χ3n) is 0.998. The first-order chi connectivity index (χ1) is 5.15. The van der Waals surface area contributed by atoms with Crippen molar-refractivity contribution in [3.8, 4) is 5.75 Å². The molecule has 0 saturated heterocycles. The molecule has 0 aliphatic heterocycles. The van der Waals surface area contributed by atoms with Crippen molar-refractivity contribution in [2.24, 2.45) is 0 Å². The van der Waals surface area contributed by atoms with Gasteiger partial charge in [0, 0.05) is 19.5 Å². The number of nitrogens with zero attached hydrogens (tertiary/aromatic N) is 1. The fourth-order valence-electron chi connectivity index (χ4n) is 0.546. The first-order valence-electron chi connectivity index (χ1n) is 2.63. The summed E-state index contributed by atoms with van der Waals surface area (Å²) in [6, 6.07) is 1.75. The zero-order valence-corrected chi connectivity index (χ0v) is 7.46. The number of hydrogen-bond donors (Lipinski definition) is 0. The standard InChI is InChI=1S/C6H3F3NO.Rh/c1-11-3-2-4(7)10-6(9)5(3)8;/h1H3;/q-1;. The van der Waals surface area contributed by atoms with E-state index in [1.54, 1.807) is 6.07 Å². The Balaban J connectivity index is 0.00000121. The van der Waals surface area contributed by atoms with Crippen LogP contribution in [0, 0.1) is 23.8 Å². The van der Waals surface area contributed by atoms with E-state index in [4.69, 9.17) is 0 Å². The molecule has 1 radical (unpaired) electrons. The van der Waals surface area contributed by atoms with E-state index in [-0.39, 0.29) is 19.5 Å². The second-order valence-corrected chi connectivity index (χ2v) is 1.67. The fourth-order valence-corrected chi connectivity index (χ4v) is 0.546. The summed E-state index contributed by atoms with van der Waals surface area (Å²) in [6.07, 6.45) is 0. The van der Waals surface area contributed by atoms with Gasteiger partial charge in [-0.1, -0.05) is 0 Å². The van der Waals surface area contributed by atoms with Crippen molar-refractivity contribution in [1.82, 2.24) is 4.98 Å². The van der Waals surface area contributed by atoms with Gasteiger partial charge in [-0.2, -0.15) is 0 Å². The maximum absolute atomic E-state index is 12.4. The summed E-state index contributed by atoms with van der Waals surface area (Å²) in [5, 5.41) is 0. The molecule has 0 aliphatic carbocycles. The van der Waals surface area contributed by atoms with Crippen molar-refractivity contribution in [3.05, 3.63) is 23.8 Å². The molecule has 69 valence electrons. The predicted octanol–water partition coefficient (Wildman–Crippen LogP) is 1.31. The van der Waals surface area contributed by atoms with Crippen molar-refractivity contribution in [2.45, 2.75) is 0 Å². The minimum atomic E-state index is -1.53. The quantitative estimate of drug-likeness (QED) is 0.434. The Hall–Kier alpha value is -0.637. The Bertz CT molecular complexity index is 282. The van der Waals surface area contributed by atoms with Gasteiger partial charge in [0.2, 0.25) is 0 Å². The van der Waals surface area contributed by atoms with Crippen LogP contribution in [0.1, 0.15) is 0 Å². The molecule has 0 aliphatic rings. The zero-order chi connectivity index (χ0) is 8.43. The maximum Gasteiger partial charge on any atom is 0.170 e. The van der Waals surface area contributed by atoms with E-state index in [1.807, 2.05) is 0 Å². The van der Waals surface area contributed by atoms with E-state index in [2.05, 4.69) is 9.72 Å². The second kappa shape index (κ2) is 4.40. The van der Waals surface area contributed by atoms with Crippen LogP contribution in [0.3, 0.4) is 0 Å². The molecule has 0 spiro atoms. The van der Waals surface area contributed by atoms with Crippen molar-refractivity contribution in [2.75, 3.05) is 7.11 Å². The normalized spacial score (nSPS) is 9.00. The van der Waals surface area contributed by atoms with Crippen LogP contribution in [0.2, 0.25) is 0 Å². The van der Waals surface area contributed by atoms with Crippen molar-refractivity contribution >= 4 is 0 Å². The molecule has 0 aromatic carbocycles. The van der Waals surface area contributed by atoms with Gasteiger partial charge < -0.3 is 9.13 Å². The van der Waals surface area contributed by atoms with Crippen LogP contribution < -0.4 is 4.74 Å². The molecule has 1 aromatic heterocycles. The molecule has 0 unspecified atom stereocenters. The fraction of sp³-hybridized carbons (Fsp3) is 0.167. The van der Waals surface area contributed by atoms with Crippen LogP contribution in [0.4, 0.5) is 13.2 Å². The first kappa shape index (κ1) is 11.4. The number of ether oxygens (including phenoxy) is 1. The Labute approximate surface area is 79.5 Å². The number of hydrogen-bond acceptors (Lipinski definition) is 2. The van der Waals surface area contributed by atoms with Gasteiger partial charge in [-0.25, -0.2) is 13.8 Å². The molecule has 0 saturated carbocycles. The van der Waals surface area contributed by atoms with E-state index < -0.39 is 23.5 Å². The Kier molecular flexibility index (Phi) is 4.17. The molecule has 1 rings (SSSR count). The van der Waals surface area contributed by atoms with Gasteiger partial charge in [-0.15, -0.1) is 6.07 Å². The van der Waals surface area contributed by atoms with Crippen molar-refractivity contribution in [3.63, 3.8) is 0 Å². The van der Waals surface area contributed by atoms with Gasteiger partial charge in [0.05, 0.1) is 12.9 Å². The van der Waals surface area contributed by atoms with Gasteiger partial charge in [0.1, 0.15) is 5.95 Å². The van der Waals surface area contributed by atoms with Crippen molar-refractivity contribution < 1.29 is 37.4 Å². The van der Waals surface area contributed by atoms with E-state index in [1.165, 1.54) is 0 Å². The Morgan fingerprint density at radius 1 is 1.33 bits per heavy atom. The summed E-state index contributed by atoms with van der Waals surface area (Å²) < 4.78 is 41.0. The summed E-state index contributed by atoms with van der Waals surface area (Å²) >= 11 is 0. The smallest absolute Gasteiger partial charge is 0.170 e. The third-order valence-corrected chi connectivity index (χ3v) is 0.998. The Morgan fingerprint density at radius 2 is 1.92 bits per heavy atom. The molecule has 0 fully saturated rings. The molecule has 2 nitrogen and oxygen atoms in total. The summed E-state index contributed by atoms with van der Waals surface area (Å²) in [4.78, 5) is 2.54. The average molecular weight is 265 g/mol.